The molecule has 2 N–H and O–H groups in total. The topological polar surface area (TPSA) is 45.6 Å². The number of benzene rings is 1. The molecule has 0 aliphatic rings. The number of hydrogen-bond acceptors (Lipinski definition) is 2. The van der Waals surface area contributed by atoms with Crippen LogP contribution in [-0.4, -0.2) is 14.8 Å². The number of hydrogen-bond donors (Lipinski definition) is 2. The number of nitrogens with zero attached hydrogens (tertiary/aromatic N) is 2. The van der Waals surface area contributed by atoms with Crippen molar-refractivity contribution >= 4 is 22.5 Å². The number of fused-ring (bicyclic) bond motifs is 1. The van der Waals surface area contributed by atoms with Crippen LogP contribution in [0.15, 0.2) is 30.5 Å². The van der Waals surface area contributed by atoms with Crippen LogP contribution in [-0.2, 0) is 20.1 Å². The predicted octanol–water partition coefficient (Wildman–Crippen LogP) is 3.15. The fraction of sp³-hybridized carbons (Fsp3) is 0.267. The van der Waals surface area contributed by atoms with Crippen LogP contribution in [0.2, 0.25) is 5.02 Å². The molecule has 0 aliphatic carbocycles. The SMILES string of the molecule is Cc1c(CNCc2[nH]c3ccccc3c2Cl)cnn1C. The molecule has 0 saturated carbocycles. The Morgan fingerprint density at radius 1 is 1.30 bits per heavy atom. The van der Waals surface area contributed by atoms with E-state index in [1.165, 1.54) is 11.3 Å². The van der Waals surface area contributed by atoms with Crippen molar-refractivity contribution in [3.05, 3.63) is 52.4 Å². The Morgan fingerprint density at radius 3 is 2.80 bits per heavy atom. The monoisotopic (exact) mass is 288 g/mol. The summed E-state index contributed by atoms with van der Waals surface area (Å²) in [5, 5.41) is 9.52. The second-order valence-corrected chi connectivity index (χ2v) is 5.32. The Balaban J connectivity index is 1.71. The van der Waals surface area contributed by atoms with Crippen LogP contribution >= 0.6 is 11.6 Å². The summed E-state index contributed by atoms with van der Waals surface area (Å²) in [5.41, 5.74) is 4.49. The zero-order valence-corrected chi connectivity index (χ0v) is 12.3. The van der Waals surface area contributed by atoms with Gasteiger partial charge in [-0.2, -0.15) is 5.10 Å². The average Bonchev–Trinajstić information content (AvgIpc) is 2.94. The number of aromatic nitrogens is 3. The molecule has 3 aromatic rings. The fourth-order valence-corrected chi connectivity index (χ4v) is 2.60. The molecule has 2 heterocycles. The predicted molar refractivity (Wildman–Crippen MR) is 81.8 cm³/mol. The third-order valence-corrected chi connectivity index (χ3v) is 4.10. The number of aryl methyl sites for hydroxylation is 1. The highest BCUT2D eigenvalue weighted by atomic mass is 35.5. The molecule has 0 saturated heterocycles. The number of para-hydroxylation sites is 1. The van der Waals surface area contributed by atoms with E-state index in [0.717, 1.165) is 28.2 Å². The van der Waals surface area contributed by atoms with Gasteiger partial charge in [0.2, 0.25) is 0 Å². The highest BCUT2D eigenvalue weighted by Crippen LogP contribution is 2.26. The van der Waals surface area contributed by atoms with Crippen molar-refractivity contribution < 1.29 is 0 Å². The summed E-state index contributed by atoms with van der Waals surface area (Å²) in [6.45, 7) is 3.56. The maximum atomic E-state index is 6.39. The van der Waals surface area contributed by atoms with Gasteiger partial charge >= 0.3 is 0 Å². The minimum absolute atomic E-state index is 0.710. The highest BCUT2D eigenvalue weighted by molar-refractivity contribution is 6.36. The molecular formula is C15H17ClN4. The molecular weight excluding hydrogens is 272 g/mol. The van der Waals surface area contributed by atoms with Crippen molar-refractivity contribution in [3.8, 4) is 0 Å². The van der Waals surface area contributed by atoms with Gasteiger partial charge in [0, 0.05) is 48.0 Å². The molecule has 0 aliphatic heterocycles. The second kappa shape index (κ2) is 5.31. The zero-order valence-electron chi connectivity index (χ0n) is 11.6. The van der Waals surface area contributed by atoms with Gasteiger partial charge in [0.15, 0.2) is 0 Å². The summed E-state index contributed by atoms with van der Waals surface area (Å²) in [4.78, 5) is 3.35. The molecule has 20 heavy (non-hydrogen) atoms. The lowest BCUT2D eigenvalue weighted by molar-refractivity contribution is 0.676. The lowest BCUT2D eigenvalue weighted by Gasteiger charge is -2.04. The molecule has 1 aromatic carbocycles. The number of aromatic amines is 1. The smallest absolute Gasteiger partial charge is 0.0705 e. The number of rotatable bonds is 4. The van der Waals surface area contributed by atoms with Gasteiger partial charge in [0.05, 0.1) is 11.2 Å². The molecule has 0 fully saturated rings. The summed E-state index contributed by atoms with van der Waals surface area (Å²) in [6.07, 6.45) is 1.90. The Labute approximate surface area is 122 Å². The van der Waals surface area contributed by atoms with E-state index in [9.17, 15) is 0 Å². The van der Waals surface area contributed by atoms with Crippen LogP contribution in [0.5, 0.6) is 0 Å². The first-order valence-electron chi connectivity index (χ1n) is 6.60. The van der Waals surface area contributed by atoms with Gasteiger partial charge < -0.3 is 10.3 Å². The molecule has 3 rings (SSSR count). The molecule has 4 nitrogen and oxygen atoms in total. The largest absolute Gasteiger partial charge is 0.356 e. The molecule has 104 valence electrons. The second-order valence-electron chi connectivity index (χ2n) is 4.95. The van der Waals surface area contributed by atoms with E-state index >= 15 is 0 Å². The van der Waals surface area contributed by atoms with E-state index < -0.39 is 0 Å². The number of halogens is 1. The van der Waals surface area contributed by atoms with E-state index in [1.807, 2.05) is 42.2 Å². The Kier molecular flexibility index (Phi) is 3.51. The van der Waals surface area contributed by atoms with E-state index in [2.05, 4.69) is 22.3 Å². The highest BCUT2D eigenvalue weighted by Gasteiger charge is 2.09. The van der Waals surface area contributed by atoms with Crippen molar-refractivity contribution in [3.63, 3.8) is 0 Å². The Hall–Kier alpha value is -1.78. The molecule has 0 atom stereocenters. The quantitative estimate of drug-likeness (QED) is 0.775. The standard InChI is InChI=1S/C15H17ClN4/c1-10-11(8-18-20(10)2)7-17-9-14-15(16)12-5-3-4-6-13(12)19-14/h3-6,8,17,19H,7,9H2,1-2H3. The first kappa shape index (κ1) is 13.2. The Bertz CT molecular complexity index is 741. The van der Waals surface area contributed by atoms with E-state index in [0.29, 0.717) is 6.54 Å². The normalized spacial score (nSPS) is 11.3. The molecule has 2 aromatic heterocycles. The maximum Gasteiger partial charge on any atom is 0.0705 e. The van der Waals surface area contributed by atoms with Crippen molar-refractivity contribution in [1.82, 2.24) is 20.1 Å². The van der Waals surface area contributed by atoms with Crippen LogP contribution in [0.1, 0.15) is 17.0 Å². The van der Waals surface area contributed by atoms with Crippen LogP contribution < -0.4 is 5.32 Å². The number of H-pyrrole nitrogens is 1. The van der Waals surface area contributed by atoms with Gasteiger partial charge in [-0.25, -0.2) is 0 Å². The van der Waals surface area contributed by atoms with Gasteiger partial charge in [-0.05, 0) is 13.0 Å². The molecule has 0 amide bonds. The average molecular weight is 289 g/mol. The zero-order chi connectivity index (χ0) is 14.1. The van der Waals surface area contributed by atoms with E-state index in [4.69, 9.17) is 11.6 Å². The maximum absolute atomic E-state index is 6.39. The first-order valence-corrected chi connectivity index (χ1v) is 6.98. The molecule has 0 radical (unpaired) electrons. The number of nitrogens with one attached hydrogen (secondary N) is 2. The van der Waals surface area contributed by atoms with E-state index in [-0.39, 0.29) is 0 Å². The van der Waals surface area contributed by atoms with Crippen molar-refractivity contribution in [2.45, 2.75) is 20.0 Å². The Morgan fingerprint density at radius 2 is 2.10 bits per heavy atom. The summed E-state index contributed by atoms with van der Waals surface area (Å²) >= 11 is 6.39. The molecule has 0 unspecified atom stereocenters. The van der Waals surface area contributed by atoms with Gasteiger partial charge in [-0.15, -0.1) is 0 Å². The molecule has 0 spiro atoms. The van der Waals surface area contributed by atoms with Crippen molar-refractivity contribution in [1.29, 1.82) is 0 Å². The lowest BCUT2D eigenvalue weighted by Crippen LogP contribution is -2.13. The van der Waals surface area contributed by atoms with Gasteiger partial charge in [0.1, 0.15) is 0 Å². The minimum atomic E-state index is 0.710. The third kappa shape index (κ3) is 2.32. The summed E-state index contributed by atoms with van der Waals surface area (Å²) in [6, 6.07) is 8.07. The van der Waals surface area contributed by atoms with Gasteiger partial charge in [-0.3, -0.25) is 4.68 Å². The first-order chi connectivity index (χ1) is 9.66. The van der Waals surface area contributed by atoms with Gasteiger partial charge in [-0.1, -0.05) is 29.8 Å². The van der Waals surface area contributed by atoms with Gasteiger partial charge in [0.25, 0.3) is 0 Å². The molecule has 5 heteroatoms. The van der Waals surface area contributed by atoms with Crippen LogP contribution in [0.3, 0.4) is 0 Å². The van der Waals surface area contributed by atoms with Crippen LogP contribution in [0, 0.1) is 6.92 Å². The summed E-state index contributed by atoms with van der Waals surface area (Å²) in [5.74, 6) is 0. The van der Waals surface area contributed by atoms with Crippen molar-refractivity contribution in [2.24, 2.45) is 7.05 Å². The van der Waals surface area contributed by atoms with Crippen molar-refractivity contribution in [2.75, 3.05) is 0 Å². The minimum Gasteiger partial charge on any atom is -0.356 e. The van der Waals surface area contributed by atoms with Crippen LogP contribution in [0.25, 0.3) is 10.9 Å². The third-order valence-electron chi connectivity index (χ3n) is 3.67. The summed E-state index contributed by atoms with van der Waals surface area (Å²) in [7, 11) is 1.95. The van der Waals surface area contributed by atoms with E-state index in [1.54, 1.807) is 0 Å². The molecule has 0 bridgehead atoms. The lowest BCUT2D eigenvalue weighted by atomic mass is 10.2. The fourth-order valence-electron chi connectivity index (χ4n) is 2.33. The summed E-state index contributed by atoms with van der Waals surface area (Å²) < 4.78 is 1.88. The van der Waals surface area contributed by atoms with Crippen LogP contribution in [0.4, 0.5) is 0 Å².